The van der Waals surface area contributed by atoms with Gasteiger partial charge in [-0.15, -0.1) is 0 Å². The number of alkyl halides is 3. The van der Waals surface area contributed by atoms with E-state index in [-0.39, 0.29) is 30.2 Å². The molecule has 3 rings (SSSR count). The Morgan fingerprint density at radius 3 is 2.76 bits per heavy atom. The molecule has 3 unspecified atom stereocenters. The normalized spacial score (nSPS) is 28.8. The lowest BCUT2D eigenvalue weighted by Gasteiger charge is -2.27. The molecule has 1 aromatic carbocycles. The van der Waals surface area contributed by atoms with Crippen LogP contribution in [0.1, 0.15) is 30.4 Å². The van der Waals surface area contributed by atoms with Gasteiger partial charge in [0.15, 0.2) is 0 Å². The molecule has 6 heteroatoms. The number of nitrogens with zero attached hydrogens (tertiary/aromatic N) is 1. The highest BCUT2D eigenvalue weighted by Crippen LogP contribution is 2.33. The van der Waals surface area contributed by atoms with Crippen LogP contribution in [0.4, 0.5) is 13.2 Å². The van der Waals surface area contributed by atoms with Crippen molar-refractivity contribution in [1.29, 1.82) is 0 Å². The Hall–Kier alpha value is -1.56. The fraction of sp³-hybridized carbons (Fsp3) is 0.533. The molecule has 3 nitrogen and oxygen atoms in total. The zero-order valence-electron chi connectivity index (χ0n) is 11.4. The second-order valence-electron chi connectivity index (χ2n) is 5.69. The van der Waals surface area contributed by atoms with E-state index in [2.05, 4.69) is 10.3 Å². The van der Waals surface area contributed by atoms with Crippen LogP contribution >= 0.6 is 0 Å². The molecule has 1 aromatic rings. The first kappa shape index (κ1) is 14.4. The molecule has 1 aliphatic carbocycles. The van der Waals surface area contributed by atoms with Crippen molar-refractivity contribution in [1.82, 2.24) is 5.32 Å². The van der Waals surface area contributed by atoms with E-state index >= 15 is 0 Å². The van der Waals surface area contributed by atoms with E-state index in [1.165, 1.54) is 12.1 Å². The molecule has 0 bridgehead atoms. The van der Waals surface area contributed by atoms with Crippen molar-refractivity contribution >= 4 is 5.84 Å². The van der Waals surface area contributed by atoms with Crippen LogP contribution in [0.2, 0.25) is 0 Å². The van der Waals surface area contributed by atoms with Crippen molar-refractivity contribution in [2.45, 2.75) is 50.0 Å². The van der Waals surface area contributed by atoms with E-state index < -0.39 is 11.7 Å². The maximum absolute atomic E-state index is 13.0. The minimum Gasteiger partial charge on any atom is -0.393 e. The second-order valence-corrected chi connectivity index (χ2v) is 5.69. The highest BCUT2D eigenvalue weighted by Gasteiger charge is 2.36. The SMILES string of the molecule is OC1CCC2N=C(Cc3ccccc3C(F)(F)F)NC2C1. The number of halogens is 3. The maximum Gasteiger partial charge on any atom is 0.416 e. The number of amidine groups is 1. The molecule has 21 heavy (non-hydrogen) atoms. The zero-order chi connectivity index (χ0) is 15.0. The number of aliphatic hydroxyl groups is 1. The lowest BCUT2D eigenvalue weighted by atomic mass is 9.90. The minimum atomic E-state index is -4.35. The number of hydrogen-bond acceptors (Lipinski definition) is 3. The van der Waals surface area contributed by atoms with Crippen molar-refractivity contribution < 1.29 is 18.3 Å². The van der Waals surface area contributed by atoms with Crippen LogP contribution in [-0.4, -0.2) is 29.1 Å². The highest BCUT2D eigenvalue weighted by molar-refractivity contribution is 5.87. The topological polar surface area (TPSA) is 44.6 Å². The summed E-state index contributed by atoms with van der Waals surface area (Å²) >= 11 is 0. The molecule has 3 atom stereocenters. The van der Waals surface area contributed by atoms with Crippen molar-refractivity contribution in [2.24, 2.45) is 4.99 Å². The molecule has 114 valence electrons. The Bertz CT molecular complexity index is 556. The third kappa shape index (κ3) is 3.05. The number of hydrogen-bond donors (Lipinski definition) is 2. The van der Waals surface area contributed by atoms with E-state index in [0.717, 1.165) is 12.5 Å². The Labute approximate surface area is 120 Å². The molecule has 1 saturated carbocycles. The van der Waals surface area contributed by atoms with Gasteiger partial charge in [-0.2, -0.15) is 13.2 Å². The van der Waals surface area contributed by atoms with Crippen molar-refractivity contribution in [3.05, 3.63) is 35.4 Å². The van der Waals surface area contributed by atoms with E-state index in [1.807, 2.05) is 0 Å². The summed E-state index contributed by atoms with van der Waals surface area (Å²) in [6.07, 6.45) is -2.44. The number of aliphatic imine (C=N–C) groups is 1. The predicted octanol–water partition coefficient (Wildman–Crippen LogP) is 2.53. The highest BCUT2D eigenvalue weighted by atomic mass is 19.4. The van der Waals surface area contributed by atoms with E-state index in [1.54, 1.807) is 6.07 Å². The van der Waals surface area contributed by atoms with Crippen LogP contribution in [0, 0.1) is 0 Å². The van der Waals surface area contributed by atoms with Gasteiger partial charge >= 0.3 is 6.18 Å². The number of aliphatic hydroxyl groups excluding tert-OH is 1. The molecule has 2 N–H and O–H groups in total. The maximum atomic E-state index is 13.0. The molecule has 0 aromatic heterocycles. The summed E-state index contributed by atoms with van der Waals surface area (Å²) in [6, 6.07) is 5.73. The number of fused-ring (bicyclic) bond motifs is 1. The van der Waals surface area contributed by atoms with Crippen LogP contribution in [0.3, 0.4) is 0 Å². The Kier molecular flexibility index (Phi) is 3.65. The summed E-state index contributed by atoms with van der Waals surface area (Å²) in [4.78, 5) is 4.49. The summed E-state index contributed by atoms with van der Waals surface area (Å²) in [5.41, 5.74) is -0.375. The van der Waals surface area contributed by atoms with Gasteiger partial charge in [0.1, 0.15) is 5.84 Å². The fourth-order valence-corrected chi connectivity index (χ4v) is 3.12. The molecule has 1 aliphatic heterocycles. The monoisotopic (exact) mass is 298 g/mol. The first-order chi connectivity index (χ1) is 9.93. The van der Waals surface area contributed by atoms with Crippen molar-refractivity contribution in [2.75, 3.05) is 0 Å². The lowest BCUT2D eigenvalue weighted by molar-refractivity contribution is -0.138. The second kappa shape index (κ2) is 5.33. The van der Waals surface area contributed by atoms with Crippen molar-refractivity contribution in [3.8, 4) is 0 Å². The van der Waals surface area contributed by atoms with Crippen LogP contribution in [0.25, 0.3) is 0 Å². The number of nitrogens with one attached hydrogen (secondary N) is 1. The summed E-state index contributed by atoms with van der Waals surface area (Å²) in [5, 5.41) is 12.8. The van der Waals surface area contributed by atoms with Gasteiger partial charge in [-0.05, 0) is 30.9 Å². The van der Waals surface area contributed by atoms with Crippen LogP contribution in [0.5, 0.6) is 0 Å². The molecule has 0 radical (unpaired) electrons. The van der Waals surface area contributed by atoms with Crippen LogP contribution < -0.4 is 5.32 Å². The van der Waals surface area contributed by atoms with E-state index in [4.69, 9.17) is 0 Å². The summed E-state index contributed by atoms with van der Waals surface area (Å²) in [6.45, 7) is 0. The van der Waals surface area contributed by atoms with Gasteiger partial charge in [0.25, 0.3) is 0 Å². The minimum absolute atomic E-state index is 0.0572. The molecule has 1 fully saturated rings. The third-order valence-electron chi connectivity index (χ3n) is 4.14. The Balaban J connectivity index is 1.77. The quantitative estimate of drug-likeness (QED) is 0.881. The number of benzene rings is 1. The molecular weight excluding hydrogens is 281 g/mol. The van der Waals surface area contributed by atoms with Crippen LogP contribution in [0.15, 0.2) is 29.3 Å². The third-order valence-corrected chi connectivity index (χ3v) is 4.14. The van der Waals surface area contributed by atoms with E-state index in [9.17, 15) is 18.3 Å². The standard InChI is InChI=1S/C15H17F3N2O/c16-15(17,18)11-4-2-1-3-9(11)7-14-19-12-6-5-10(21)8-13(12)20-14/h1-4,10,12-13,21H,5-8H2,(H,19,20). The molecule has 0 spiro atoms. The summed E-state index contributed by atoms with van der Waals surface area (Å²) in [7, 11) is 0. The smallest absolute Gasteiger partial charge is 0.393 e. The Morgan fingerprint density at radius 1 is 1.24 bits per heavy atom. The average Bonchev–Trinajstić information content (AvgIpc) is 2.79. The fourth-order valence-electron chi connectivity index (χ4n) is 3.12. The van der Waals surface area contributed by atoms with Crippen molar-refractivity contribution in [3.63, 3.8) is 0 Å². The average molecular weight is 298 g/mol. The first-order valence-corrected chi connectivity index (χ1v) is 7.10. The Morgan fingerprint density at radius 2 is 2.00 bits per heavy atom. The molecule has 0 saturated heterocycles. The largest absolute Gasteiger partial charge is 0.416 e. The zero-order valence-corrected chi connectivity index (χ0v) is 11.4. The summed E-state index contributed by atoms with van der Waals surface area (Å²) < 4.78 is 38.9. The molecule has 1 heterocycles. The lowest BCUT2D eigenvalue weighted by Crippen LogP contribution is -2.41. The molecular formula is C15H17F3N2O. The van der Waals surface area contributed by atoms with Gasteiger partial charge in [0.2, 0.25) is 0 Å². The molecule has 2 aliphatic rings. The van der Waals surface area contributed by atoms with Gasteiger partial charge in [0, 0.05) is 6.42 Å². The summed E-state index contributed by atoms with van der Waals surface area (Å²) in [5.74, 6) is 0.593. The number of rotatable bonds is 2. The predicted molar refractivity (Wildman–Crippen MR) is 73.2 cm³/mol. The van der Waals surface area contributed by atoms with Gasteiger partial charge in [-0.1, -0.05) is 18.2 Å². The van der Waals surface area contributed by atoms with Gasteiger partial charge in [0.05, 0.1) is 23.8 Å². The van der Waals surface area contributed by atoms with Gasteiger partial charge in [-0.25, -0.2) is 0 Å². The van der Waals surface area contributed by atoms with Crippen LogP contribution in [-0.2, 0) is 12.6 Å². The first-order valence-electron chi connectivity index (χ1n) is 7.10. The van der Waals surface area contributed by atoms with Gasteiger partial charge in [-0.3, -0.25) is 4.99 Å². The molecule has 0 amide bonds. The van der Waals surface area contributed by atoms with Gasteiger partial charge < -0.3 is 10.4 Å². The van der Waals surface area contributed by atoms with E-state index in [0.29, 0.717) is 18.7 Å².